The molecular formula is C25H33N3O4. The minimum Gasteiger partial charge on any atom is -0.492 e. The van der Waals surface area contributed by atoms with Crippen molar-refractivity contribution in [3.8, 4) is 5.75 Å². The van der Waals surface area contributed by atoms with Crippen LogP contribution < -0.4 is 15.4 Å². The van der Waals surface area contributed by atoms with Crippen LogP contribution >= 0.6 is 0 Å². The number of rotatable bonds is 10. The van der Waals surface area contributed by atoms with E-state index in [9.17, 15) is 9.59 Å². The maximum atomic E-state index is 12.2. The van der Waals surface area contributed by atoms with Crippen LogP contribution in [0.25, 0.3) is 0 Å². The first-order valence-corrected chi connectivity index (χ1v) is 11.1. The summed E-state index contributed by atoms with van der Waals surface area (Å²) in [4.78, 5) is 26.7. The normalized spacial score (nSPS) is 14.2. The van der Waals surface area contributed by atoms with Crippen molar-refractivity contribution in [2.24, 2.45) is 0 Å². The SMILES string of the molecule is Cc1ccccc1C(=O)NCC(=O)NCc1cccc(OCCN(C)C2CCOCC2)c1. The highest BCUT2D eigenvalue weighted by Crippen LogP contribution is 2.15. The number of likely N-dealkylation sites (N-methyl/N-ethyl adjacent to an activating group) is 1. The van der Waals surface area contributed by atoms with Gasteiger partial charge in [0, 0.05) is 37.9 Å². The first kappa shape index (κ1) is 23.8. The first-order valence-electron chi connectivity index (χ1n) is 11.1. The largest absolute Gasteiger partial charge is 0.492 e. The Balaban J connectivity index is 1.38. The van der Waals surface area contributed by atoms with E-state index in [1.54, 1.807) is 12.1 Å². The second-order valence-electron chi connectivity index (χ2n) is 8.09. The molecule has 7 nitrogen and oxygen atoms in total. The van der Waals surface area contributed by atoms with Crippen molar-refractivity contribution in [2.45, 2.75) is 32.4 Å². The maximum Gasteiger partial charge on any atom is 0.251 e. The van der Waals surface area contributed by atoms with E-state index in [-0.39, 0.29) is 18.4 Å². The fourth-order valence-electron chi connectivity index (χ4n) is 3.71. The van der Waals surface area contributed by atoms with Crippen molar-refractivity contribution in [2.75, 3.05) is 40.0 Å². The van der Waals surface area contributed by atoms with Gasteiger partial charge in [0.15, 0.2) is 0 Å². The summed E-state index contributed by atoms with van der Waals surface area (Å²) in [6.07, 6.45) is 2.13. The highest BCUT2D eigenvalue weighted by molar-refractivity contribution is 5.97. The van der Waals surface area contributed by atoms with Crippen LogP contribution in [0.5, 0.6) is 5.75 Å². The Hall–Kier alpha value is -2.90. The summed E-state index contributed by atoms with van der Waals surface area (Å²) in [6.45, 7) is 5.30. The van der Waals surface area contributed by atoms with Crippen molar-refractivity contribution in [1.29, 1.82) is 0 Å². The number of hydrogen-bond acceptors (Lipinski definition) is 5. The third-order valence-corrected chi connectivity index (χ3v) is 5.71. The third kappa shape index (κ3) is 7.35. The van der Waals surface area contributed by atoms with Crippen molar-refractivity contribution in [1.82, 2.24) is 15.5 Å². The minimum atomic E-state index is -0.251. The molecule has 1 heterocycles. The Labute approximate surface area is 190 Å². The van der Waals surface area contributed by atoms with Gasteiger partial charge in [0.05, 0.1) is 6.54 Å². The van der Waals surface area contributed by atoms with Gasteiger partial charge in [-0.25, -0.2) is 0 Å². The molecule has 2 N–H and O–H groups in total. The molecule has 0 radical (unpaired) electrons. The van der Waals surface area contributed by atoms with Crippen LogP contribution in [0.2, 0.25) is 0 Å². The number of nitrogens with one attached hydrogen (secondary N) is 2. The molecular weight excluding hydrogens is 406 g/mol. The smallest absolute Gasteiger partial charge is 0.251 e. The lowest BCUT2D eigenvalue weighted by Gasteiger charge is -2.31. The number of amides is 2. The molecule has 0 atom stereocenters. The molecule has 172 valence electrons. The van der Waals surface area contributed by atoms with Crippen LogP contribution in [0.4, 0.5) is 0 Å². The summed E-state index contributed by atoms with van der Waals surface area (Å²) in [6, 6.07) is 15.6. The van der Waals surface area contributed by atoms with Gasteiger partial charge < -0.3 is 20.1 Å². The van der Waals surface area contributed by atoms with Crippen LogP contribution in [0.15, 0.2) is 48.5 Å². The number of hydrogen-bond donors (Lipinski definition) is 2. The molecule has 2 aromatic carbocycles. The van der Waals surface area contributed by atoms with Crippen molar-refractivity contribution < 1.29 is 19.1 Å². The second kappa shape index (κ2) is 12.2. The van der Waals surface area contributed by atoms with Gasteiger partial charge in [0.25, 0.3) is 5.91 Å². The molecule has 0 aromatic heterocycles. The Morgan fingerprint density at radius 1 is 1.09 bits per heavy atom. The van der Waals surface area contributed by atoms with Gasteiger partial charge in [-0.1, -0.05) is 30.3 Å². The topological polar surface area (TPSA) is 79.9 Å². The number of ether oxygens (including phenoxy) is 2. The monoisotopic (exact) mass is 439 g/mol. The summed E-state index contributed by atoms with van der Waals surface area (Å²) in [5.41, 5.74) is 2.40. The van der Waals surface area contributed by atoms with E-state index in [0.29, 0.717) is 24.8 Å². The molecule has 0 unspecified atom stereocenters. The predicted molar refractivity (Wildman–Crippen MR) is 124 cm³/mol. The zero-order valence-corrected chi connectivity index (χ0v) is 18.9. The van der Waals surface area contributed by atoms with Crippen LogP contribution in [0, 0.1) is 6.92 Å². The summed E-state index contributed by atoms with van der Waals surface area (Å²) in [7, 11) is 2.13. The van der Waals surface area contributed by atoms with E-state index in [1.807, 2.05) is 43.3 Å². The van der Waals surface area contributed by atoms with Crippen LogP contribution in [-0.4, -0.2) is 62.7 Å². The van der Waals surface area contributed by atoms with Crippen molar-refractivity contribution in [3.05, 3.63) is 65.2 Å². The number of nitrogens with zero attached hydrogens (tertiary/aromatic N) is 1. The van der Waals surface area contributed by atoms with Gasteiger partial charge >= 0.3 is 0 Å². The third-order valence-electron chi connectivity index (χ3n) is 5.71. The predicted octanol–water partition coefficient (Wildman–Crippen LogP) is 2.53. The van der Waals surface area contributed by atoms with Gasteiger partial charge in [0.1, 0.15) is 12.4 Å². The Kier molecular flexibility index (Phi) is 9.07. The molecule has 0 bridgehead atoms. The lowest BCUT2D eigenvalue weighted by atomic mass is 10.1. The van der Waals surface area contributed by atoms with E-state index >= 15 is 0 Å². The zero-order chi connectivity index (χ0) is 22.8. The van der Waals surface area contributed by atoms with Gasteiger partial charge in [0.2, 0.25) is 5.91 Å². The maximum absolute atomic E-state index is 12.2. The lowest BCUT2D eigenvalue weighted by Crippen LogP contribution is -2.38. The molecule has 1 saturated heterocycles. The summed E-state index contributed by atoms with van der Waals surface area (Å²) >= 11 is 0. The molecule has 7 heteroatoms. The summed E-state index contributed by atoms with van der Waals surface area (Å²) in [5, 5.41) is 5.50. The Morgan fingerprint density at radius 2 is 1.88 bits per heavy atom. The fourth-order valence-corrected chi connectivity index (χ4v) is 3.71. The van der Waals surface area contributed by atoms with E-state index in [2.05, 4.69) is 22.6 Å². The number of benzene rings is 2. The molecule has 1 fully saturated rings. The molecule has 1 aliphatic heterocycles. The highest BCUT2D eigenvalue weighted by Gasteiger charge is 2.18. The highest BCUT2D eigenvalue weighted by atomic mass is 16.5. The quantitative estimate of drug-likeness (QED) is 0.595. The van der Waals surface area contributed by atoms with E-state index in [1.165, 1.54) is 0 Å². The van der Waals surface area contributed by atoms with Gasteiger partial charge in [-0.3, -0.25) is 14.5 Å². The van der Waals surface area contributed by atoms with Crippen LogP contribution in [0.3, 0.4) is 0 Å². The van der Waals surface area contributed by atoms with Crippen molar-refractivity contribution >= 4 is 11.8 Å². The zero-order valence-electron chi connectivity index (χ0n) is 18.9. The molecule has 32 heavy (non-hydrogen) atoms. The molecule has 0 aliphatic carbocycles. The summed E-state index contributed by atoms with van der Waals surface area (Å²) < 4.78 is 11.3. The number of carbonyl (C=O) groups is 2. The molecule has 2 aromatic rings. The van der Waals surface area contributed by atoms with Gasteiger partial charge in [-0.2, -0.15) is 0 Å². The Morgan fingerprint density at radius 3 is 2.66 bits per heavy atom. The van der Waals surface area contributed by atoms with E-state index in [0.717, 1.165) is 49.5 Å². The lowest BCUT2D eigenvalue weighted by molar-refractivity contribution is -0.120. The minimum absolute atomic E-state index is 0.0676. The summed E-state index contributed by atoms with van der Waals surface area (Å²) in [5.74, 6) is 0.292. The van der Waals surface area contributed by atoms with Crippen LogP contribution in [0.1, 0.15) is 34.3 Å². The molecule has 3 rings (SSSR count). The van der Waals surface area contributed by atoms with Crippen molar-refractivity contribution in [3.63, 3.8) is 0 Å². The standard InChI is InChI=1S/C25H33N3O4/c1-19-6-3-4-9-23(19)25(30)27-18-24(29)26-17-20-7-5-8-22(16-20)32-15-12-28(2)21-10-13-31-14-11-21/h3-9,16,21H,10-15,17-18H2,1-2H3,(H,26,29)(H,27,30). The number of carbonyl (C=O) groups excluding carboxylic acids is 2. The fraction of sp³-hybridized carbons (Fsp3) is 0.440. The van der Waals surface area contributed by atoms with Gasteiger partial charge in [-0.15, -0.1) is 0 Å². The van der Waals surface area contributed by atoms with Gasteiger partial charge in [-0.05, 0) is 56.1 Å². The molecule has 1 aliphatic rings. The van der Waals surface area contributed by atoms with E-state index < -0.39 is 0 Å². The number of aryl methyl sites for hydroxylation is 1. The van der Waals surface area contributed by atoms with E-state index in [4.69, 9.17) is 9.47 Å². The molecule has 2 amide bonds. The second-order valence-corrected chi connectivity index (χ2v) is 8.09. The average Bonchev–Trinajstić information content (AvgIpc) is 2.82. The van der Waals surface area contributed by atoms with Crippen LogP contribution in [-0.2, 0) is 16.1 Å². The first-order chi connectivity index (χ1) is 15.5. The average molecular weight is 440 g/mol. The molecule has 0 saturated carbocycles. The molecule has 0 spiro atoms. The Bertz CT molecular complexity index is 896.